The van der Waals surface area contributed by atoms with Gasteiger partial charge in [-0.2, -0.15) is 18.3 Å². The summed E-state index contributed by atoms with van der Waals surface area (Å²) in [6.07, 6.45) is -3.95. The van der Waals surface area contributed by atoms with Crippen LogP contribution in [0.1, 0.15) is 18.2 Å². The number of aliphatic carboxylic acids is 1. The Morgan fingerprint density at radius 3 is 2.52 bits per heavy atom. The summed E-state index contributed by atoms with van der Waals surface area (Å²) in [6.45, 7) is 1.16. The number of aromatic nitrogens is 2. The molecule has 0 atom stereocenters. The first kappa shape index (κ1) is 19.1. The average Bonchev–Trinajstić information content (AvgIpc) is 2.78. The zero-order valence-electron chi connectivity index (χ0n) is 12.9. The minimum atomic E-state index is -4.80. The second-order valence-electron chi connectivity index (χ2n) is 5.00. The summed E-state index contributed by atoms with van der Waals surface area (Å²) in [4.78, 5) is 11.0. The molecule has 1 N–H and O–H groups in total. The van der Waals surface area contributed by atoms with Gasteiger partial charge < -0.3 is 9.84 Å². The molecule has 1 heterocycles. The van der Waals surface area contributed by atoms with Gasteiger partial charge in [0.25, 0.3) is 0 Å². The molecule has 25 heavy (non-hydrogen) atoms. The maximum absolute atomic E-state index is 13.2. The molecule has 134 valence electrons. The van der Waals surface area contributed by atoms with Gasteiger partial charge in [0.15, 0.2) is 5.69 Å². The number of carboxylic acids is 1. The van der Waals surface area contributed by atoms with Crippen molar-refractivity contribution in [1.29, 1.82) is 0 Å². The van der Waals surface area contributed by atoms with Crippen LogP contribution in [-0.4, -0.2) is 20.9 Å². The molecule has 0 aliphatic rings. The third-order valence-electron chi connectivity index (χ3n) is 3.10. The van der Waals surface area contributed by atoms with E-state index in [1.54, 1.807) is 0 Å². The van der Waals surface area contributed by atoms with E-state index in [1.807, 2.05) is 0 Å². The molecule has 10 heteroatoms. The zero-order chi connectivity index (χ0) is 18.9. The molecule has 0 unspecified atom stereocenters. The van der Waals surface area contributed by atoms with Crippen LogP contribution < -0.4 is 4.74 Å². The van der Waals surface area contributed by atoms with Crippen molar-refractivity contribution >= 4 is 35.2 Å². The van der Waals surface area contributed by atoms with E-state index in [0.717, 1.165) is 17.7 Å². The minimum absolute atomic E-state index is 0.0467. The highest BCUT2D eigenvalue weighted by atomic mass is 35.5. The minimum Gasteiger partial charge on any atom is -0.478 e. The molecule has 5 nitrogen and oxygen atoms in total. The van der Waals surface area contributed by atoms with Crippen LogP contribution in [0.2, 0.25) is 10.0 Å². The van der Waals surface area contributed by atoms with Gasteiger partial charge in [-0.15, -0.1) is 0 Å². The molecule has 0 saturated heterocycles. The van der Waals surface area contributed by atoms with Crippen LogP contribution in [0.4, 0.5) is 13.2 Å². The first-order valence-electron chi connectivity index (χ1n) is 6.69. The highest BCUT2D eigenvalue weighted by Gasteiger charge is 2.39. The second kappa shape index (κ2) is 6.97. The Morgan fingerprint density at radius 2 is 2.00 bits per heavy atom. The summed E-state index contributed by atoms with van der Waals surface area (Å²) in [7, 11) is 1.24. The molecule has 1 aromatic heterocycles. The number of carbonyl (C=O) groups is 1. The quantitative estimate of drug-likeness (QED) is 0.738. The number of ether oxygens (including phenoxy) is 1. The van der Waals surface area contributed by atoms with Crippen LogP contribution in [-0.2, 0) is 18.0 Å². The van der Waals surface area contributed by atoms with Crippen molar-refractivity contribution < 1.29 is 27.8 Å². The molecule has 0 aliphatic carbocycles. The molecule has 0 amide bonds. The van der Waals surface area contributed by atoms with Crippen LogP contribution in [0.25, 0.3) is 6.08 Å². The van der Waals surface area contributed by atoms with Crippen molar-refractivity contribution in [1.82, 2.24) is 9.78 Å². The normalized spacial score (nSPS) is 12.4. The van der Waals surface area contributed by atoms with Gasteiger partial charge in [0, 0.05) is 17.6 Å². The van der Waals surface area contributed by atoms with E-state index in [4.69, 9.17) is 33.0 Å². The number of carboxylic acid groups (broad SMARTS) is 1. The largest absolute Gasteiger partial charge is 0.478 e. The van der Waals surface area contributed by atoms with E-state index < -0.39 is 23.4 Å². The number of hydrogen-bond acceptors (Lipinski definition) is 3. The van der Waals surface area contributed by atoms with Crippen LogP contribution >= 0.6 is 23.2 Å². The Balaban J connectivity index is 2.62. The summed E-state index contributed by atoms with van der Waals surface area (Å²) in [5.41, 5.74) is -2.10. The molecule has 2 rings (SSSR count). The second-order valence-corrected chi connectivity index (χ2v) is 5.84. The molecule has 0 spiro atoms. The lowest BCUT2D eigenvalue weighted by molar-refractivity contribution is -0.141. The van der Waals surface area contributed by atoms with Gasteiger partial charge >= 0.3 is 12.1 Å². The summed E-state index contributed by atoms with van der Waals surface area (Å²) >= 11 is 11.7. The fraction of sp³-hybridized carbons (Fsp3) is 0.200. The van der Waals surface area contributed by atoms with Gasteiger partial charge in [0.05, 0.1) is 10.6 Å². The summed E-state index contributed by atoms with van der Waals surface area (Å²) in [5.74, 6) is -1.63. The van der Waals surface area contributed by atoms with Crippen LogP contribution in [0.3, 0.4) is 0 Å². The van der Waals surface area contributed by atoms with Crippen molar-refractivity contribution in [3.05, 3.63) is 45.1 Å². The third-order valence-corrected chi connectivity index (χ3v) is 3.63. The topological polar surface area (TPSA) is 64.4 Å². The first-order valence-corrected chi connectivity index (χ1v) is 7.45. The van der Waals surface area contributed by atoms with Crippen molar-refractivity contribution in [2.45, 2.75) is 13.1 Å². The van der Waals surface area contributed by atoms with E-state index in [-0.39, 0.29) is 22.2 Å². The monoisotopic (exact) mass is 394 g/mol. The first-order chi connectivity index (χ1) is 11.5. The highest BCUT2D eigenvalue weighted by Crippen LogP contribution is 2.40. The lowest BCUT2D eigenvalue weighted by Crippen LogP contribution is -2.08. The summed E-state index contributed by atoms with van der Waals surface area (Å²) < 4.78 is 45.9. The fourth-order valence-corrected chi connectivity index (χ4v) is 2.37. The van der Waals surface area contributed by atoms with Crippen LogP contribution in [0.5, 0.6) is 11.6 Å². The predicted molar refractivity (Wildman–Crippen MR) is 86.0 cm³/mol. The maximum Gasteiger partial charge on any atom is 0.435 e. The van der Waals surface area contributed by atoms with Crippen molar-refractivity contribution in [2.75, 3.05) is 0 Å². The Hall–Kier alpha value is -2.19. The van der Waals surface area contributed by atoms with Gasteiger partial charge in [0.1, 0.15) is 5.75 Å². The molecular formula is C15H11Cl2F3N2O3. The predicted octanol–water partition coefficient (Wildman–Crippen LogP) is 5.03. The Morgan fingerprint density at radius 1 is 1.36 bits per heavy atom. The smallest absolute Gasteiger partial charge is 0.435 e. The molecule has 1 aromatic carbocycles. The van der Waals surface area contributed by atoms with Crippen molar-refractivity contribution in [2.24, 2.45) is 7.05 Å². The SMILES string of the molecule is C/C(=C\c1c(C(F)(F)F)nn(C)c1Oc1ccc(Cl)cc1Cl)C(=O)O. The van der Waals surface area contributed by atoms with Gasteiger partial charge in [-0.1, -0.05) is 23.2 Å². The summed E-state index contributed by atoms with van der Waals surface area (Å²) in [5, 5.41) is 12.7. The zero-order valence-corrected chi connectivity index (χ0v) is 14.4. The number of halogens is 5. The van der Waals surface area contributed by atoms with Crippen LogP contribution in [0, 0.1) is 0 Å². The Kier molecular flexibility index (Phi) is 5.34. The highest BCUT2D eigenvalue weighted by molar-refractivity contribution is 6.35. The lowest BCUT2D eigenvalue weighted by Gasteiger charge is -2.10. The number of aryl methyl sites for hydroxylation is 1. The van der Waals surface area contributed by atoms with Crippen molar-refractivity contribution in [3.63, 3.8) is 0 Å². The van der Waals surface area contributed by atoms with E-state index in [1.165, 1.54) is 25.2 Å². The Bertz CT molecular complexity index is 860. The molecule has 0 aliphatic heterocycles. The van der Waals surface area contributed by atoms with Crippen LogP contribution in [0.15, 0.2) is 23.8 Å². The summed E-state index contributed by atoms with van der Waals surface area (Å²) in [6, 6.07) is 4.18. The van der Waals surface area contributed by atoms with E-state index in [0.29, 0.717) is 5.02 Å². The maximum atomic E-state index is 13.2. The van der Waals surface area contributed by atoms with E-state index in [2.05, 4.69) is 5.10 Å². The molecule has 0 saturated carbocycles. The van der Waals surface area contributed by atoms with Gasteiger partial charge in [-0.3, -0.25) is 0 Å². The van der Waals surface area contributed by atoms with Gasteiger partial charge in [0.2, 0.25) is 5.88 Å². The number of alkyl halides is 3. The number of rotatable bonds is 4. The third kappa shape index (κ3) is 4.26. The molecule has 0 radical (unpaired) electrons. The average molecular weight is 395 g/mol. The Labute approximate surface area is 150 Å². The molecular weight excluding hydrogens is 384 g/mol. The molecule has 2 aromatic rings. The number of nitrogens with zero attached hydrogens (tertiary/aromatic N) is 2. The van der Waals surface area contributed by atoms with E-state index in [9.17, 15) is 18.0 Å². The van der Waals surface area contributed by atoms with Crippen molar-refractivity contribution in [3.8, 4) is 11.6 Å². The van der Waals surface area contributed by atoms with Gasteiger partial charge in [-0.05, 0) is 31.2 Å². The molecule has 0 bridgehead atoms. The number of hydrogen-bond donors (Lipinski definition) is 1. The standard InChI is InChI=1S/C15H11Cl2F3N2O3/c1-7(14(23)24)5-9-12(15(18,19)20)21-22(2)13(9)25-11-4-3-8(16)6-10(11)17/h3-6H,1-2H3,(H,23,24)/b7-5+. The number of benzene rings is 1. The molecule has 0 fully saturated rings. The van der Waals surface area contributed by atoms with Gasteiger partial charge in [-0.25, -0.2) is 9.48 Å². The lowest BCUT2D eigenvalue weighted by atomic mass is 10.1. The fourth-order valence-electron chi connectivity index (χ4n) is 1.93. The van der Waals surface area contributed by atoms with E-state index >= 15 is 0 Å².